The van der Waals surface area contributed by atoms with E-state index in [1.165, 1.54) is 18.4 Å². The molecule has 1 aliphatic heterocycles. The number of rotatable bonds is 7. The van der Waals surface area contributed by atoms with Crippen LogP contribution in [0, 0.1) is 5.92 Å². The molecule has 2 aromatic rings. The molecule has 1 aromatic heterocycles. The average molecular weight is 381 g/mol. The number of pyridine rings is 1. The summed E-state index contributed by atoms with van der Waals surface area (Å²) < 4.78 is 0. The van der Waals surface area contributed by atoms with E-state index in [1.807, 2.05) is 31.3 Å². The molecule has 1 fully saturated rings. The van der Waals surface area contributed by atoms with Crippen LogP contribution < -0.4 is 15.5 Å². The first-order chi connectivity index (χ1) is 13.6. The first-order valence-electron chi connectivity index (χ1n) is 10.4. The van der Waals surface area contributed by atoms with Gasteiger partial charge in [0.25, 0.3) is 0 Å². The molecular formula is C23H32N4O. The molecule has 0 radical (unpaired) electrons. The number of anilines is 1. The lowest BCUT2D eigenvalue weighted by molar-refractivity contribution is 0.237. The van der Waals surface area contributed by atoms with Crippen LogP contribution in [-0.2, 0) is 13.0 Å². The predicted octanol–water partition coefficient (Wildman–Crippen LogP) is 4.14. The molecular weight excluding hydrogens is 348 g/mol. The molecule has 1 aliphatic rings. The van der Waals surface area contributed by atoms with Crippen molar-refractivity contribution in [3.8, 4) is 0 Å². The van der Waals surface area contributed by atoms with Crippen LogP contribution in [0.1, 0.15) is 44.2 Å². The smallest absolute Gasteiger partial charge is 0.315 e. The highest BCUT2D eigenvalue weighted by Crippen LogP contribution is 2.21. The Hall–Kier alpha value is -2.56. The zero-order chi connectivity index (χ0) is 19.8. The minimum absolute atomic E-state index is 0.127. The Morgan fingerprint density at radius 2 is 1.89 bits per heavy atom. The van der Waals surface area contributed by atoms with Crippen LogP contribution in [0.4, 0.5) is 10.6 Å². The standard InChI is InChI=1S/C23H32N4O/c1-18-12-14-27(15-13-18)22-11-10-21(16-24-22)17-25-23(28)26-19(2)8-9-20-6-4-3-5-7-20/h3-7,10-11,16,18-19H,8-9,12-15,17H2,1-2H3,(H2,25,26,28). The molecule has 0 saturated carbocycles. The van der Waals surface area contributed by atoms with E-state index in [9.17, 15) is 4.79 Å². The fourth-order valence-electron chi connectivity index (χ4n) is 3.50. The van der Waals surface area contributed by atoms with Gasteiger partial charge in [0.05, 0.1) is 0 Å². The molecule has 28 heavy (non-hydrogen) atoms. The summed E-state index contributed by atoms with van der Waals surface area (Å²) in [5, 5.41) is 5.94. The number of nitrogens with one attached hydrogen (secondary N) is 2. The van der Waals surface area contributed by atoms with Gasteiger partial charge in [0.1, 0.15) is 5.82 Å². The van der Waals surface area contributed by atoms with Gasteiger partial charge in [-0.3, -0.25) is 0 Å². The second-order valence-corrected chi connectivity index (χ2v) is 7.95. The SMILES string of the molecule is CC1CCN(c2ccc(CNC(=O)NC(C)CCc3ccccc3)cn2)CC1. The minimum atomic E-state index is -0.130. The number of amides is 2. The second-order valence-electron chi connectivity index (χ2n) is 7.95. The maximum absolute atomic E-state index is 12.1. The van der Waals surface area contributed by atoms with Crippen molar-refractivity contribution in [2.24, 2.45) is 5.92 Å². The molecule has 2 N–H and O–H groups in total. The minimum Gasteiger partial charge on any atom is -0.357 e. The van der Waals surface area contributed by atoms with Gasteiger partial charge in [-0.1, -0.05) is 43.3 Å². The van der Waals surface area contributed by atoms with Crippen molar-refractivity contribution < 1.29 is 4.79 Å². The third-order valence-electron chi connectivity index (χ3n) is 5.46. The Morgan fingerprint density at radius 3 is 2.57 bits per heavy atom. The van der Waals surface area contributed by atoms with Crippen LogP contribution in [0.15, 0.2) is 48.7 Å². The Balaban J connectivity index is 1.38. The molecule has 3 rings (SSSR count). The Bertz CT molecular complexity index is 724. The van der Waals surface area contributed by atoms with Crippen molar-refractivity contribution in [3.63, 3.8) is 0 Å². The maximum atomic E-state index is 12.1. The summed E-state index contributed by atoms with van der Waals surface area (Å²) in [6.45, 7) is 7.00. The van der Waals surface area contributed by atoms with Crippen molar-refractivity contribution in [2.75, 3.05) is 18.0 Å². The molecule has 5 heteroatoms. The summed E-state index contributed by atoms with van der Waals surface area (Å²) >= 11 is 0. The number of aromatic nitrogens is 1. The molecule has 0 bridgehead atoms. The normalized spacial score (nSPS) is 15.9. The van der Waals surface area contributed by atoms with E-state index in [4.69, 9.17) is 0 Å². The van der Waals surface area contributed by atoms with Crippen LogP contribution in [0.5, 0.6) is 0 Å². The van der Waals surface area contributed by atoms with Gasteiger partial charge in [-0.25, -0.2) is 9.78 Å². The number of carbonyl (C=O) groups excluding carboxylic acids is 1. The van der Waals surface area contributed by atoms with E-state index >= 15 is 0 Å². The summed E-state index contributed by atoms with van der Waals surface area (Å²) in [5.74, 6) is 1.85. The topological polar surface area (TPSA) is 57.3 Å². The Kier molecular flexibility index (Phi) is 7.29. The van der Waals surface area contributed by atoms with E-state index < -0.39 is 0 Å². The fourth-order valence-corrected chi connectivity index (χ4v) is 3.50. The molecule has 2 amide bonds. The number of piperidine rings is 1. The summed E-state index contributed by atoms with van der Waals surface area (Å²) in [6.07, 6.45) is 6.21. The highest BCUT2D eigenvalue weighted by Gasteiger charge is 2.16. The van der Waals surface area contributed by atoms with Gasteiger partial charge in [-0.15, -0.1) is 0 Å². The number of nitrogens with zero attached hydrogens (tertiary/aromatic N) is 2. The Morgan fingerprint density at radius 1 is 1.14 bits per heavy atom. The lowest BCUT2D eigenvalue weighted by Gasteiger charge is -2.31. The lowest BCUT2D eigenvalue weighted by Crippen LogP contribution is -2.40. The Labute approximate surface area is 168 Å². The quantitative estimate of drug-likeness (QED) is 0.759. The zero-order valence-electron chi connectivity index (χ0n) is 17.0. The number of hydrogen-bond donors (Lipinski definition) is 2. The average Bonchev–Trinajstić information content (AvgIpc) is 2.72. The lowest BCUT2D eigenvalue weighted by atomic mass is 9.99. The van der Waals surface area contributed by atoms with Crippen LogP contribution >= 0.6 is 0 Å². The third-order valence-corrected chi connectivity index (χ3v) is 5.46. The second kappa shape index (κ2) is 10.1. The summed E-state index contributed by atoms with van der Waals surface area (Å²) in [5.41, 5.74) is 2.31. The van der Waals surface area contributed by atoms with Crippen LogP contribution in [0.2, 0.25) is 0 Å². The van der Waals surface area contributed by atoms with Crippen molar-refractivity contribution in [1.82, 2.24) is 15.6 Å². The molecule has 150 valence electrons. The summed E-state index contributed by atoms with van der Waals surface area (Å²) in [6, 6.07) is 14.5. The van der Waals surface area contributed by atoms with Crippen LogP contribution in [-0.4, -0.2) is 30.1 Å². The zero-order valence-corrected chi connectivity index (χ0v) is 17.0. The molecule has 0 aliphatic carbocycles. The summed E-state index contributed by atoms with van der Waals surface area (Å²) in [7, 11) is 0. The molecule has 1 atom stereocenters. The highest BCUT2D eigenvalue weighted by molar-refractivity contribution is 5.74. The van der Waals surface area contributed by atoms with Gasteiger partial charge in [-0.2, -0.15) is 0 Å². The van der Waals surface area contributed by atoms with E-state index in [-0.39, 0.29) is 12.1 Å². The first-order valence-corrected chi connectivity index (χ1v) is 10.4. The van der Waals surface area contributed by atoms with E-state index in [2.05, 4.69) is 51.7 Å². The van der Waals surface area contributed by atoms with Crippen molar-refractivity contribution in [1.29, 1.82) is 0 Å². The van der Waals surface area contributed by atoms with Gasteiger partial charge in [0.15, 0.2) is 0 Å². The molecule has 2 heterocycles. The largest absolute Gasteiger partial charge is 0.357 e. The van der Waals surface area contributed by atoms with E-state index in [0.717, 1.165) is 43.2 Å². The van der Waals surface area contributed by atoms with Gasteiger partial charge < -0.3 is 15.5 Å². The summed E-state index contributed by atoms with van der Waals surface area (Å²) in [4.78, 5) is 19.1. The predicted molar refractivity (Wildman–Crippen MR) is 114 cm³/mol. The number of hydrogen-bond acceptors (Lipinski definition) is 3. The van der Waals surface area contributed by atoms with Crippen molar-refractivity contribution >= 4 is 11.8 Å². The molecule has 5 nitrogen and oxygen atoms in total. The van der Waals surface area contributed by atoms with Crippen molar-refractivity contribution in [2.45, 2.75) is 52.1 Å². The van der Waals surface area contributed by atoms with E-state index in [1.54, 1.807) is 0 Å². The number of carbonyl (C=O) groups is 1. The van der Waals surface area contributed by atoms with Gasteiger partial charge in [-0.05, 0) is 55.7 Å². The van der Waals surface area contributed by atoms with Gasteiger partial charge >= 0.3 is 6.03 Å². The molecule has 1 saturated heterocycles. The number of urea groups is 1. The first kappa shape index (κ1) is 20.2. The maximum Gasteiger partial charge on any atom is 0.315 e. The molecule has 1 aromatic carbocycles. The van der Waals surface area contributed by atoms with Gasteiger partial charge in [0.2, 0.25) is 0 Å². The van der Waals surface area contributed by atoms with Gasteiger partial charge in [0, 0.05) is 31.9 Å². The molecule has 1 unspecified atom stereocenters. The highest BCUT2D eigenvalue weighted by atomic mass is 16.2. The monoisotopic (exact) mass is 380 g/mol. The third kappa shape index (κ3) is 6.25. The van der Waals surface area contributed by atoms with Crippen molar-refractivity contribution in [3.05, 3.63) is 59.8 Å². The fraction of sp³-hybridized carbons (Fsp3) is 0.478. The van der Waals surface area contributed by atoms with Crippen LogP contribution in [0.25, 0.3) is 0 Å². The number of benzene rings is 1. The molecule has 0 spiro atoms. The number of aryl methyl sites for hydroxylation is 1. The van der Waals surface area contributed by atoms with Crippen LogP contribution in [0.3, 0.4) is 0 Å². The van der Waals surface area contributed by atoms with E-state index in [0.29, 0.717) is 6.54 Å².